The minimum atomic E-state index is -1.19. The number of fused-ring (bicyclic) bond motifs is 1. The van der Waals surface area contributed by atoms with Gasteiger partial charge >= 0.3 is 0 Å². The number of nitrogens with zero attached hydrogens (tertiary/aromatic N) is 1. The van der Waals surface area contributed by atoms with Crippen LogP contribution in [0.15, 0.2) is 48.5 Å². The van der Waals surface area contributed by atoms with E-state index in [0.717, 1.165) is 11.1 Å². The lowest BCUT2D eigenvalue weighted by Gasteiger charge is -2.37. The summed E-state index contributed by atoms with van der Waals surface area (Å²) >= 11 is 0. The molecule has 3 aliphatic heterocycles. The molecule has 3 saturated heterocycles. The third kappa shape index (κ3) is 4.32. The Bertz CT molecular complexity index is 1290. The third-order valence-electron chi connectivity index (χ3n) is 9.40. The van der Waals surface area contributed by atoms with Gasteiger partial charge in [0.1, 0.15) is 11.6 Å². The molecule has 0 radical (unpaired) electrons. The number of likely N-dealkylation sites (tertiary alicyclic amines) is 1. The zero-order valence-electron chi connectivity index (χ0n) is 24.2. The van der Waals surface area contributed by atoms with Crippen LogP contribution in [0.25, 0.3) is 0 Å². The number of para-hydroxylation sites is 2. The Morgan fingerprint density at radius 3 is 2.30 bits per heavy atom. The van der Waals surface area contributed by atoms with Gasteiger partial charge in [0.25, 0.3) is 0 Å². The molecule has 1 spiro atoms. The van der Waals surface area contributed by atoms with E-state index in [4.69, 9.17) is 4.74 Å². The molecule has 8 nitrogen and oxygen atoms in total. The van der Waals surface area contributed by atoms with Gasteiger partial charge in [-0.3, -0.25) is 14.4 Å². The molecule has 3 fully saturated rings. The zero-order chi connectivity index (χ0) is 29.0. The second-order valence-electron chi connectivity index (χ2n) is 12.5. The number of amides is 3. The largest absolute Gasteiger partial charge is 0.394 e. The number of aliphatic hydroxyl groups excluding tert-OH is 1. The van der Waals surface area contributed by atoms with Crippen molar-refractivity contribution in [1.29, 1.82) is 0 Å². The molecule has 7 atom stereocenters. The summed E-state index contributed by atoms with van der Waals surface area (Å²) in [5.74, 6) is -2.47. The SMILES string of the molecule is Cc1cccc(C)c1NC(=O)C1N([C@@H](CO)CC(C)C)C(=O)[C@@H]2[C@@H](C(=O)Nc3ccccc3)[C@]3(C)OC12CC3C. The fourth-order valence-corrected chi connectivity index (χ4v) is 7.53. The summed E-state index contributed by atoms with van der Waals surface area (Å²) in [6.07, 6.45) is 0.988. The predicted molar refractivity (Wildman–Crippen MR) is 154 cm³/mol. The van der Waals surface area contributed by atoms with Gasteiger partial charge < -0.3 is 25.4 Å². The average molecular weight is 548 g/mol. The number of hydrogen-bond acceptors (Lipinski definition) is 5. The van der Waals surface area contributed by atoms with E-state index in [-0.39, 0.29) is 36.2 Å². The normalized spacial score (nSPS) is 31.4. The molecule has 40 heavy (non-hydrogen) atoms. The highest BCUT2D eigenvalue weighted by Gasteiger charge is 2.80. The number of rotatable bonds is 8. The maximum absolute atomic E-state index is 14.4. The van der Waals surface area contributed by atoms with Gasteiger partial charge in [-0.05, 0) is 68.7 Å². The maximum Gasteiger partial charge on any atom is 0.250 e. The number of carbonyl (C=O) groups is 3. The molecule has 3 unspecified atom stereocenters. The number of nitrogens with one attached hydrogen (secondary N) is 2. The molecular formula is C32H41N3O5. The van der Waals surface area contributed by atoms with Crippen LogP contribution in [0.1, 0.15) is 51.7 Å². The van der Waals surface area contributed by atoms with Crippen LogP contribution in [0, 0.1) is 37.5 Å². The first-order valence-electron chi connectivity index (χ1n) is 14.3. The summed E-state index contributed by atoms with van der Waals surface area (Å²) in [5, 5.41) is 16.6. The number of ether oxygens (including phenoxy) is 1. The molecule has 2 aromatic rings. The molecule has 3 N–H and O–H groups in total. The van der Waals surface area contributed by atoms with Crippen LogP contribution in [-0.2, 0) is 19.1 Å². The van der Waals surface area contributed by atoms with Gasteiger partial charge in [0.15, 0.2) is 0 Å². The highest BCUT2D eigenvalue weighted by Crippen LogP contribution is 2.65. The number of aryl methyl sites for hydroxylation is 2. The fourth-order valence-electron chi connectivity index (χ4n) is 7.53. The lowest BCUT2D eigenvalue weighted by atomic mass is 9.62. The van der Waals surface area contributed by atoms with Crippen molar-refractivity contribution >= 4 is 29.1 Å². The Hall–Kier alpha value is -3.23. The van der Waals surface area contributed by atoms with E-state index in [9.17, 15) is 19.5 Å². The smallest absolute Gasteiger partial charge is 0.250 e. The first-order valence-corrected chi connectivity index (χ1v) is 14.3. The first-order chi connectivity index (χ1) is 18.9. The molecule has 3 amide bonds. The van der Waals surface area contributed by atoms with E-state index < -0.39 is 35.1 Å². The Labute approximate surface area is 236 Å². The van der Waals surface area contributed by atoms with Crippen molar-refractivity contribution < 1.29 is 24.2 Å². The number of hydrogen-bond donors (Lipinski definition) is 3. The fraction of sp³-hybridized carbons (Fsp3) is 0.531. The Kier molecular flexibility index (Phi) is 7.29. The van der Waals surface area contributed by atoms with Crippen molar-refractivity contribution in [3.63, 3.8) is 0 Å². The molecule has 8 heteroatoms. The Morgan fingerprint density at radius 2 is 1.70 bits per heavy atom. The predicted octanol–water partition coefficient (Wildman–Crippen LogP) is 4.30. The highest BCUT2D eigenvalue weighted by molar-refractivity contribution is 6.05. The second-order valence-corrected chi connectivity index (χ2v) is 12.5. The first kappa shape index (κ1) is 28.3. The summed E-state index contributed by atoms with van der Waals surface area (Å²) in [5.41, 5.74) is 1.06. The average Bonchev–Trinajstić information content (AvgIpc) is 3.42. The zero-order valence-corrected chi connectivity index (χ0v) is 24.2. The van der Waals surface area contributed by atoms with Crippen molar-refractivity contribution in [3.05, 3.63) is 59.7 Å². The number of benzene rings is 2. The van der Waals surface area contributed by atoms with Gasteiger partial charge in [-0.1, -0.05) is 57.2 Å². The molecule has 0 aliphatic carbocycles. The van der Waals surface area contributed by atoms with E-state index in [1.54, 1.807) is 4.90 Å². The highest BCUT2D eigenvalue weighted by atomic mass is 16.5. The summed E-state index contributed by atoms with van der Waals surface area (Å²) in [6, 6.07) is 13.4. The summed E-state index contributed by atoms with van der Waals surface area (Å²) in [4.78, 5) is 44.2. The van der Waals surface area contributed by atoms with Crippen LogP contribution in [-0.4, -0.2) is 57.6 Å². The number of aliphatic hydroxyl groups is 1. The number of anilines is 2. The van der Waals surface area contributed by atoms with Crippen LogP contribution in [0.5, 0.6) is 0 Å². The van der Waals surface area contributed by atoms with E-state index in [2.05, 4.69) is 10.6 Å². The molecule has 0 aromatic heterocycles. The quantitative estimate of drug-likeness (QED) is 0.457. The molecule has 3 aliphatic rings. The number of carbonyl (C=O) groups excluding carboxylic acids is 3. The minimum Gasteiger partial charge on any atom is -0.394 e. The molecule has 2 bridgehead atoms. The maximum atomic E-state index is 14.4. The van der Waals surface area contributed by atoms with E-state index in [1.807, 2.05) is 90.1 Å². The molecule has 5 rings (SSSR count). The second kappa shape index (κ2) is 10.3. The van der Waals surface area contributed by atoms with Crippen LogP contribution < -0.4 is 10.6 Å². The topological polar surface area (TPSA) is 108 Å². The van der Waals surface area contributed by atoms with Crippen molar-refractivity contribution in [2.75, 3.05) is 17.2 Å². The molecule has 2 aromatic carbocycles. The van der Waals surface area contributed by atoms with Crippen molar-refractivity contribution in [1.82, 2.24) is 4.90 Å². The minimum absolute atomic E-state index is 0.0730. The van der Waals surface area contributed by atoms with Gasteiger partial charge in [-0.2, -0.15) is 0 Å². The molecule has 214 valence electrons. The Balaban J connectivity index is 1.59. The van der Waals surface area contributed by atoms with E-state index in [1.165, 1.54) is 0 Å². The standard InChI is InChI=1S/C32H41N3O5/c1-18(2)15-23(17-36)35-27(29(38)34-26-19(3)11-10-12-20(26)4)32-16-21(5)31(6,40-32)24(25(32)30(35)39)28(37)33-22-13-8-7-9-14-22/h7-14,18,21,23-25,27,36H,15-17H2,1-6H3,(H,33,37)(H,34,38)/t21?,23-,24+,25+,27?,31-,32?/m1/s1. The molecule has 3 heterocycles. The van der Waals surface area contributed by atoms with Crippen molar-refractivity contribution in [2.45, 2.75) is 77.7 Å². The van der Waals surface area contributed by atoms with Gasteiger partial charge in [-0.25, -0.2) is 0 Å². The summed E-state index contributed by atoms with van der Waals surface area (Å²) < 4.78 is 6.82. The van der Waals surface area contributed by atoms with Gasteiger partial charge in [0.05, 0.1) is 30.1 Å². The van der Waals surface area contributed by atoms with Gasteiger partial charge in [-0.15, -0.1) is 0 Å². The van der Waals surface area contributed by atoms with Crippen molar-refractivity contribution in [2.24, 2.45) is 23.7 Å². The summed E-state index contributed by atoms with van der Waals surface area (Å²) in [6.45, 7) is 11.6. The van der Waals surface area contributed by atoms with Crippen LogP contribution in [0.4, 0.5) is 11.4 Å². The van der Waals surface area contributed by atoms with E-state index in [0.29, 0.717) is 24.2 Å². The van der Waals surface area contributed by atoms with Crippen LogP contribution >= 0.6 is 0 Å². The van der Waals surface area contributed by atoms with Crippen LogP contribution in [0.2, 0.25) is 0 Å². The molecular weight excluding hydrogens is 506 g/mol. The Morgan fingerprint density at radius 1 is 1.05 bits per heavy atom. The molecule has 0 saturated carbocycles. The lowest BCUT2D eigenvalue weighted by Crippen LogP contribution is -2.56. The van der Waals surface area contributed by atoms with E-state index >= 15 is 0 Å². The van der Waals surface area contributed by atoms with Gasteiger partial charge in [0.2, 0.25) is 17.7 Å². The summed E-state index contributed by atoms with van der Waals surface area (Å²) in [7, 11) is 0. The van der Waals surface area contributed by atoms with Crippen LogP contribution in [0.3, 0.4) is 0 Å². The van der Waals surface area contributed by atoms with Crippen molar-refractivity contribution in [3.8, 4) is 0 Å². The monoisotopic (exact) mass is 547 g/mol. The third-order valence-corrected chi connectivity index (χ3v) is 9.40. The van der Waals surface area contributed by atoms with Gasteiger partial charge in [0, 0.05) is 11.4 Å². The lowest BCUT2D eigenvalue weighted by molar-refractivity contribution is -0.148.